The van der Waals surface area contributed by atoms with Gasteiger partial charge in [0.15, 0.2) is 0 Å². The zero-order chi connectivity index (χ0) is 13.6. The third kappa shape index (κ3) is 5.11. The van der Waals surface area contributed by atoms with E-state index < -0.39 is 0 Å². The fraction of sp³-hybridized carbons (Fsp3) is 0.933. The van der Waals surface area contributed by atoms with Crippen molar-refractivity contribution in [2.75, 3.05) is 13.2 Å². The Morgan fingerprint density at radius 2 is 1.74 bits per heavy atom. The normalized spacial score (nSPS) is 24.1. The van der Waals surface area contributed by atoms with Gasteiger partial charge in [-0.3, -0.25) is 4.79 Å². The minimum absolute atomic E-state index is 0.0177. The Morgan fingerprint density at radius 3 is 2.37 bits per heavy atom. The summed E-state index contributed by atoms with van der Waals surface area (Å²) in [5.74, 6) is 0.0177. The molecular formula is C15H28N2O2. The van der Waals surface area contributed by atoms with Crippen LogP contribution in [-0.2, 0) is 9.53 Å². The first kappa shape index (κ1) is 14.8. The zero-order valence-electron chi connectivity index (χ0n) is 12.0. The van der Waals surface area contributed by atoms with Crippen molar-refractivity contribution in [1.82, 2.24) is 5.32 Å². The average molecular weight is 268 g/mol. The van der Waals surface area contributed by atoms with E-state index in [1.807, 2.05) is 0 Å². The number of amides is 1. The summed E-state index contributed by atoms with van der Waals surface area (Å²) in [5, 5.41) is 3.04. The van der Waals surface area contributed by atoms with Crippen LogP contribution in [0.4, 0.5) is 0 Å². The molecule has 110 valence electrons. The number of ether oxygens (including phenoxy) is 1. The molecule has 2 rings (SSSR count). The van der Waals surface area contributed by atoms with Gasteiger partial charge in [0.05, 0.1) is 6.61 Å². The minimum atomic E-state index is -0.204. The van der Waals surface area contributed by atoms with E-state index in [0.29, 0.717) is 12.6 Å². The van der Waals surface area contributed by atoms with Gasteiger partial charge in [0.2, 0.25) is 5.91 Å². The van der Waals surface area contributed by atoms with Gasteiger partial charge in [-0.1, -0.05) is 38.5 Å². The molecule has 4 nitrogen and oxygen atoms in total. The first-order valence-electron chi connectivity index (χ1n) is 7.84. The SMILES string of the molecule is NC1(COCC(=O)NC2CCCC2)CCCCCC1. The lowest BCUT2D eigenvalue weighted by molar-refractivity contribution is -0.127. The molecule has 0 saturated heterocycles. The number of nitrogens with one attached hydrogen (secondary N) is 1. The van der Waals surface area contributed by atoms with E-state index in [4.69, 9.17) is 10.5 Å². The largest absolute Gasteiger partial charge is 0.370 e. The molecule has 0 spiro atoms. The molecule has 0 aromatic carbocycles. The Morgan fingerprint density at radius 1 is 1.11 bits per heavy atom. The summed E-state index contributed by atoms with van der Waals surface area (Å²) in [6.45, 7) is 0.681. The van der Waals surface area contributed by atoms with Gasteiger partial charge in [0, 0.05) is 11.6 Å². The lowest BCUT2D eigenvalue weighted by atomic mass is 9.93. The van der Waals surface area contributed by atoms with Crippen molar-refractivity contribution in [3.8, 4) is 0 Å². The summed E-state index contributed by atoms with van der Waals surface area (Å²) in [6, 6.07) is 0.376. The maximum absolute atomic E-state index is 11.7. The second kappa shape index (κ2) is 7.25. The standard InChI is InChI=1S/C15H28N2O2/c16-15(9-5-1-2-6-10-15)12-19-11-14(18)17-13-7-3-4-8-13/h13H,1-12,16H2,(H,17,18). The van der Waals surface area contributed by atoms with E-state index >= 15 is 0 Å². The van der Waals surface area contributed by atoms with Gasteiger partial charge >= 0.3 is 0 Å². The van der Waals surface area contributed by atoms with E-state index in [1.54, 1.807) is 0 Å². The zero-order valence-corrected chi connectivity index (χ0v) is 12.0. The Hall–Kier alpha value is -0.610. The highest BCUT2D eigenvalue weighted by molar-refractivity contribution is 5.77. The first-order chi connectivity index (χ1) is 9.18. The lowest BCUT2D eigenvalue weighted by Gasteiger charge is -2.27. The van der Waals surface area contributed by atoms with Crippen molar-refractivity contribution in [1.29, 1.82) is 0 Å². The molecule has 0 heterocycles. The van der Waals surface area contributed by atoms with Gasteiger partial charge in [-0.2, -0.15) is 0 Å². The van der Waals surface area contributed by atoms with Crippen molar-refractivity contribution in [2.24, 2.45) is 5.73 Å². The van der Waals surface area contributed by atoms with Crippen LogP contribution < -0.4 is 11.1 Å². The van der Waals surface area contributed by atoms with Crippen molar-refractivity contribution in [3.63, 3.8) is 0 Å². The maximum atomic E-state index is 11.7. The van der Waals surface area contributed by atoms with E-state index in [2.05, 4.69) is 5.32 Å². The topological polar surface area (TPSA) is 64.3 Å². The predicted octanol–water partition coefficient (Wildman–Crippen LogP) is 2.11. The third-order valence-corrected chi connectivity index (χ3v) is 4.44. The van der Waals surface area contributed by atoms with Gasteiger partial charge in [0.25, 0.3) is 0 Å². The van der Waals surface area contributed by atoms with E-state index in [9.17, 15) is 4.79 Å². The molecule has 0 atom stereocenters. The van der Waals surface area contributed by atoms with Gasteiger partial charge in [0.1, 0.15) is 6.61 Å². The van der Waals surface area contributed by atoms with Crippen LogP contribution in [0.25, 0.3) is 0 Å². The van der Waals surface area contributed by atoms with E-state index in [-0.39, 0.29) is 18.1 Å². The van der Waals surface area contributed by atoms with Crippen molar-refractivity contribution in [2.45, 2.75) is 75.8 Å². The Labute approximate surface area is 116 Å². The molecule has 0 aromatic rings. The lowest BCUT2D eigenvalue weighted by Crippen LogP contribution is -2.45. The van der Waals surface area contributed by atoms with Crippen LogP contribution in [0.2, 0.25) is 0 Å². The molecule has 3 N–H and O–H groups in total. The number of hydrogen-bond donors (Lipinski definition) is 2. The quantitative estimate of drug-likeness (QED) is 0.751. The predicted molar refractivity (Wildman–Crippen MR) is 75.8 cm³/mol. The van der Waals surface area contributed by atoms with Crippen LogP contribution in [0.5, 0.6) is 0 Å². The van der Waals surface area contributed by atoms with Crippen LogP contribution in [0.15, 0.2) is 0 Å². The minimum Gasteiger partial charge on any atom is -0.370 e. The van der Waals surface area contributed by atoms with Gasteiger partial charge in [-0.15, -0.1) is 0 Å². The third-order valence-electron chi connectivity index (χ3n) is 4.44. The molecule has 4 heteroatoms. The molecule has 2 fully saturated rings. The summed E-state index contributed by atoms with van der Waals surface area (Å²) in [4.78, 5) is 11.7. The number of rotatable bonds is 5. The smallest absolute Gasteiger partial charge is 0.246 e. The fourth-order valence-electron chi connectivity index (χ4n) is 3.26. The van der Waals surface area contributed by atoms with Crippen LogP contribution in [0.3, 0.4) is 0 Å². The van der Waals surface area contributed by atoms with Crippen LogP contribution in [-0.4, -0.2) is 30.7 Å². The van der Waals surface area contributed by atoms with Crippen LogP contribution in [0, 0.1) is 0 Å². The molecule has 0 unspecified atom stereocenters. The summed E-state index contributed by atoms with van der Waals surface area (Å²) in [6.07, 6.45) is 11.7. The number of nitrogens with two attached hydrogens (primary N) is 1. The van der Waals surface area contributed by atoms with Crippen molar-refractivity contribution < 1.29 is 9.53 Å². The Bertz CT molecular complexity index is 280. The highest BCUT2D eigenvalue weighted by Crippen LogP contribution is 2.25. The molecule has 0 aromatic heterocycles. The van der Waals surface area contributed by atoms with Crippen LogP contribution in [0.1, 0.15) is 64.2 Å². The second-order valence-electron chi connectivity index (χ2n) is 6.32. The number of carbonyl (C=O) groups is 1. The summed E-state index contributed by atoms with van der Waals surface area (Å²) in [5.41, 5.74) is 6.15. The van der Waals surface area contributed by atoms with E-state index in [1.165, 1.54) is 38.5 Å². The van der Waals surface area contributed by atoms with Crippen LogP contribution >= 0.6 is 0 Å². The molecule has 0 aliphatic heterocycles. The van der Waals surface area contributed by atoms with Gasteiger partial charge < -0.3 is 15.8 Å². The van der Waals surface area contributed by atoms with E-state index in [0.717, 1.165) is 25.7 Å². The summed E-state index contributed by atoms with van der Waals surface area (Å²) >= 11 is 0. The number of hydrogen-bond acceptors (Lipinski definition) is 3. The molecule has 2 aliphatic carbocycles. The average Bonchev–Trinajstić information content (AvgIpc) is 2.77. The molecule has 0 radical (unpaired) electrons. The van der Waals surface area contributed by atoms with Gasteiger partial charge in [-0.05, 0) is 25.7 Å². The monoisotopic (exact) mass is 268 g/mol. The first-order valence-corrected chi connectivity index (χ1v) is 7.84. The highest BCUT2D eigenvalue weighted by atomic mass is 16.5. The molecule has 2 aliphatic rings. The molecule has 2 saturated carbocycles. The van der Waals surface area contributed by atoms with Crippen molar-refractivity contribution >= 4 is 5.91 Å². The highest BCUT2D eigenvalue weighted by Gasteiger charge is 2.26. The molecule has 0 bridgehead atoms. The molecular weight excluding hydrogens is 240 g/mol. The summed E-state index contributed by atoms with van der Waals surface area (Å²) < 4.78 is 5.57. The molecule has 19 heavy (non-hydrogen) atoms. The maximum Gasteiger partial charge on any atom is 0.246 e. The summed E-state index contributed by atoms with van der Waals surface area (Å²) in [7, 11) is 0. The Kier molecular flexibility index (Phi) is 5.64. The number of carbonyl (C=O) groups excluding carboxylic acids is 1. The fourth-order valence-corrected chi connectivity index (χ4v) is 3.26. The Balaban J connectivity index is 1.62. The molecule has 1 amide bonds. The van der Waals surface area contributed by atoms with Gasteiger partial charge in [-0.25, -0.2) is 0 Å². The second-order valence-corrected chi connectivity index (χ2v) is 6.32. The van der Waals surface area contributed by atoms with Crippen molar-refractivity contribution in [3.05, 3.63) is 0 Å².